The van der Waals surface area contributed by atoms with E-state index < -0.39 is 0 Å². The first-order valence-corrected chi connectivity index (χ1v) is 8.89. The van der Waals surface area contributed by atoms with Gasteiger partial charge in [-0.3, -0.25) is 14.3 Å². The molecule has 2 heterocycles. The summed E-state index contributed by atoms with van der Waals surface area (Å²) in [4.78, 5) is 28.5. The van der Waals surface area contributed by atoms with Crippen LogP contribution >= 0.6 is 0 Å². The lowest BCUT2D eigenvalue weighted by atomic mass is 10.1. The molecular weight excluding hydrogens is 344 g/mol. The van der Waals surface area contributed by atoms with Gasteiger partial charge in [0.15, 0.2) is 0 Å². The third-order valence-corrected chi connectivity index (χ3v) is 4.56. The average Bonchev–Trinajstić information content (AvgIpc) is 3.10. The van der Waals surface area contributed by atoms with E-state index in [-0.39, 0.29) is 11.8 Å². The predicted molar refractivity (Wildman–Crippen MR) is 102 cm³/mol. The number of aromatic nitrogens is 2. The van der Waals surface area contributed by atoms with Crippen LogP contribution in [0.4, 0.5) is 5.69 Å². The largest absolute Gasteiger partial charge is 0.378 e. The molecule has 0 N–H and O–H groups in total. The highest BCUT2D eigenvalue weighted by atomic mass is 16.5. The molecule has 7 nitrogen and oxygen atoms in total. The summed E-state index contributed by atoms with van der Waals surface area (Å²) in [5.41, 5.74) is 2.98. The first kappa shape index (κ1) is 18.8. The van der Waals surface area contributed by atoms with Crippen LogP contribution < -0.4 is 4.90 Å². The van der Waals surface area contributed by atoms with Crippen molar-refractivity contribution in [3.63, 3.8) is 0 Å². The van der Waals surface area contributed by atoms with E-state index in [4.69, 9.17) is 4.74 Å². The summed E-state index contributed by atoms with van der Waals surface area (Å²) in [6, 6.07) is 7.28. The third-order valence-electron chi connectivity index (χ3n) is 4.56. The molecule has 0 spiro atoms. The van der Waals surface area contributed by atoms with Gasteiger partial charge >= 0.3 is 0 Å². The molecule has 1 aliphatic rings. The van der Waals surface area contributed by atoms with Crippen LogP contribution in [-0.4, -0.2) is 52.8 Å². The van der Waals surface area contributed by atoms with Gasteiger partial charge in [-0.25, -0.2) is 0 Å². The van der Waals surface area contributed by atoms with Gasteiger partial charge in [0.05, 0.1) is 25.5 Å². The second-order valence-corrected chi connectivity index (χ2v) is 6.52. The van der Waals surface area contributed by atoms with Crippen LogP contribution in [-0.2, 0) is 23.1 Å². The molecule has 27 heavy (non-hydrogen) atoms. The van der Waals surface area contributed by atoms with Crippen molar-refractivity contribution in [2.45, 2.75) is 13.5 Å². The normalized spacial score (nSPS) is 14.1. The number of hydrogen-bond acceptors (Lipinski definition) is 4. The Kier molecular flexibility index (Phi) is 5.71. The van der Waals surface area contributed by atoms with Crippen molar-refractivity contribution in [3.8, 4) is 0 Å². The maximum Gasteiger partial charge on any atom is 0.254 e. The van der Waals surface area contributed by atoms with Crippen LogP contribution in [0.3, 0.4) is 0 Å². The lowest BCUT2D eigenvalue weighted by Gasteiger charge is -2.27. The Morgan fingerprint density at radius 3 is 2.63 bits per heavy atom. The molecule has 142 valence electrons. The van der Waals surface area contributed by atoms with Crippen LogP contribution in [0.5, 0.6) is 0 Å². The molecule has 7 heteroatoms. The van der Waals surface area contributed by atoms with Crippen molar-refractivity contribution < 1.29 is 14.3 Å². The number of carbonyl (C=O) groups is 2. The second kappa shape index (κ2) is 8.18. The second-order valence-electron chi connectivity index (χ2n) is 6.52. The number of amides is 2. The Bertz CT molecular complexity index is 853. The van der Waals surface area contributed by atoms with E-state index in [0.717, 1.165) is 16.9 Å². The molecule has 0 atom stereocenters. The number of anilines is 1. The lowest BCUT2D eigenvalue weighted by molar-refractivity contribution is -0.114. The van der Waals surface area contributed by atoms with Crippen molar-refractivity contribution in [1.82, 2.24) is 14.7 Å². The SMILES string of the molecule is C=CC(=O)N(Cc1ccn(C)n1)c1ccc(C(=O)N2CCOCC2)cc1C. The monoisotopic (exact) mass is 368 g/mol. The van der Waals surface area contributed by atoms with Crippen molar-refractivity contribution in [1.29, 1.82) is 0 Å². The van der Waals surface area contributed by atoms with Gasteiger partial charge in [-0.2, -0.15) is 5.10 Å². The molecule has 0 saturated carbocycles. The topological polar surface area (TPSA) is 67.7 Å². The molecule has 0 radical (unpaired) electrons. The van der Waals surface area contributed by atoms with Crippen molar-refractivity contribution in [3.05, 3.63) is 59.9 Å². The van der Waals surface area contributed by atoms with E-state index in [1.54, 1.807) is 20.5 Å². The highest BCUT2D eigenvalue weighted by Crippen LogP contribution is 2.24. The fourth-order valence-corrected chi connectivity index (χ4v) is 3.14. The molecule has 3 rings (SSSR count). The highest BCUT2D eigenvalue weighted by Gasteiger charge is 2.21. The van der Waals surface area contributed by atoms with Gasteiger partial charge in [-0.15, -0.1) is 0 Å². The van der Waals surface area contributed by atoms with Gasteiger partial charge in [0.25, 0.3) is 11.8 Å². The first-order valence-electron chi connectivity index (χ1n) is 8.89. The first-order chi connectivity index (χ1) is 13.0. The van der Waals surface area contributed by atoms with E-state index in [1.807, 2.05) is 38.4 Å². The minimum atomic E-state index is -0.212. The van der Waals surface area contributed by atoms with Crippen molar-refractivity contribution in [2.24, 2.45) is 7.05 Å². The smallest absolute Gasteiger partial charge is 0.254 e. The van der Waals surface area contributed by atoms with Gasteiger partial charge in [0, 0.05) is 37.6 Å². The van der Waals surface area contributed by atoms with Crippen LogP contribution in [0.25, 0.3) is 0 Å². The minimum absolute atomic E-state index is 0.0146. The van der Waals surface area contributed by atoms with Crippen LogP contribution in [0.15, 0.2) is 43.1 Å². The van der Waals surface area contributed by atoms with Gasteiger partial charge in [0.2, 0.25) is 0 Å². The fraction of sp³-hybridized carbons (Fsp3) is 0.350. The number of ether oxygens (including phenoxy) is 1. The predicted octanol–water partition coefficient (Wildman–Crippen LogP) is 1.92. The van der Waals surface area contributed by atoms with E-state index in [1.165, 1.54) is 6.08 Å². The quantitative estimate of drug-likeness (QED) is 0.756. The van der Waals surface area contributed by atoms with E-state index >= 15 is 0 Å². The number of benzene rings is 1. The van der Waals surface area contributed by atoms with Crippen LogP contribution in [0, 0.1) is 6.92 Å². The van der Waals surface area contributed by atoms with Crippen LogP contribution in [0.2, 0.25) is 0 Å². The molecule has 0 unspecified atom stereocenters. The zero-order chi connectivity index (χ0) is 19.4. The number of carbonyl (C=O) groups excluding carboxylic acids is 2. The third kappa shape index (κ3) is 4.25. The summed E-state index contributed by atoms with van der Waals surface area (Å²) in [6.07, 6.45) is 3.12. The Labute approximate surface area is 158 Å². The summed E-state index contributed by atoms with van der Waals surface area (Å²) < 4.78 is 7.00. The van der Waals surface area contributed by atoms with E-state index in [9.17, 15) is 9.59 Å². The lowest BCUT2D eigenvalue weighted by Crippen LogP contribution is -2.40. The van der Waals surface area contributed by atoms with Gasteiger partial charge < -0.3 is 14.5 Å². The number of aryl methyl sites for hydroxylation is 2. The average molecular weight is 368 g/mol. The molecule has 2 aromatic rings. The van der Waals surface area contributed by atoms with Gasteiger partial charge in [-0.1, -0.05) is 6.58 Å². The maximum absolute atomic E-state index is 12.7. The van der Waals surface area contributed by atoms with E-state index in [2.05, 4.69) is 11.7 Å². The van der Waals surface area contributed by atoms with E-state index in [0.29, 0.717) is 38.4 Å². The highest BCUT2D eigenvalue weighted by molar-refractivity contribution is 6.02. The van der Waals surface area contributed by atoms with Gasteiger partial charge in [0.1, 0.15) is 0 Å². The molecule has 0 bridgehead atoms. The molecule has 0 aliphatic carbocycles. The zero-order valence-electron chi connectivity index (χ0n) is 15.7. The molecule has 1 aliphatic heterocycles. The summed E-state index contributed by atoms with van der Waals surface area (Å²) in [5.74, 6) is -0.227. The molecule has 1 fully saturated rings. The number of rotatable bonds is 5. The Morgan fingerprint density at radius 2 is 2.04 bits per heavy atom. The number of morpholine rings is 1. The zero-order valence-corrected chi connectivity index (χ0v) is 15.7. The minimum Gasteiger partial charge on any atom is -0.378 e. The number of nitrogens with zero attached hydrogens (tertiary/aromatic N) is 4. The fourth-order valence-electron chi connectivity index (χ4n) is 3.14. The van der Waals surface area contributed by atoms with Crippen LogP contribution in [0.1, 0.15) is 21.6 Å². The van der Waals surface area contributed by atoms with Crippen molar-refractivity contribution in [2.75, 3.05) is 31.2 Å². The molecule has 2 amide bonds. The summed E-state index contributed by atoms with van der Waals surface area (Å²) in [5, 5.41) is 4.35. The summed E-state index contributed by atoms with van der Waals surface area (Å²) in [6.45, 7) is 8.16. The standard InChI is InChI=1S/C20H24N4O3/c1-4-19(25)24(14-17-7-8-22(3)21-17)18-6-5-16(13-15(18)2)20(26)23-9-11-27-12-10-23/h4-8,13H,1,9-12,14H2,2-3H3. The summed E-state index contributed by atoms with van der Waals surface area (Å²) >= 11 is 0. The molecule has 1 aromatic carbocycles. The molecular formula is C20H24N4O3. The van der Waals surface area contributed by atoms with Gasteiger partial charge in [-0.05, 0) is 42.8 Å². The summed E-state index contributed by atoms with van der Waals surface area (Å²) in [7, 11) is 1.83. The Balaban J connectivity index is 1.85. The molecule has 1 aromatic heterocycles. The Hall–Kier alpha value is -2.93. The molecule has 1 saturated heterocycles. The number of hydrogen-bond donors (Lipinski definition) is 0. The van der Waals surface area contributed by atoms with Crippen molar-refractivity contribution >= 4 is 17.5 Å². The maximum atomic E-state index is 12.7. The Morgan fingerprint density at radius 1 is 1.30 bits per heavy atom.